The molecule has 19 heavy (non-hydrogen) atoms. The summed E-state index contributed by atoms with van der Waals surface area (Å²) in [5.41, 5.74) is 1.88. The normalized spacial score (nSPS) is 11.1. The molecule has 0 aliphatic heterocycles. The van der Waals surface area contributed by atoms with Crippen LogP contribution in [-0.4, -0.2) is 19.9 Å². The van der Waals surface area contributed by atoms with Crippen molar-refractivity contribution < 1.29 is 0 Å². The molecule has 0 saturated heterocycles. The van der Waals surface area contributed by atoms with Crippen molar-refractivity contribution in [3.8, 4) is 11.3 Å². The van der Waals surface area contributed by atoms with Gasteiger partial charge >= 0.3 is 0 Å². The first-order chi connectivity index (χ1) is 9.08. The van der Waals surface area contributed by atoms with Gasteiger partial charge in [0.15, 0.2) is 5.52 Å². The minimum atomic E-state index is -0.352. The molecule has 2 aromatic heterocycles. The van der Waals surface area contributed by atoms with Gasteiger partial charge in [-0.25, -0.2) is 9.66 Å². The molecular formula is C12H10ClN5O. The van der Waals surface area contributed by atoms with E-state index in [2.05, 4.69) is 15.2 Å². The molecule has 0 unspecified atom stereocenters. The number of fused-ring (bicyclic) bond motifs is 1. The van der Waals surface area contributed by atoms with Crippen LogP contribution < -0.4 is 11.4 Å². The molecular weight excluding hydrogens is 266 g/mol. The Morgan fingerprint density at radius 1 is 1.32 bits per heavy atom. The Morgan fingerprint density at radius 3 is 2.68 bits per heavy atom. The minimum Gasteiger partial charge on any atom is -0.335 e. The second-order valence-electron chi connectivity index (χ2n) is 4.14. The van der Waals surface area contributed by atoms with Crippen LogP contribution in [0.25, 0.3) is 22.3 Å². The molecule has 0 radical (unpaired) electrons. The molecule has 0 aliphatic carbocycles. The van der Waals surface area contributed by atoms with E-state index in [9.17, 15) is 4.79 Å². The number of aromatic nitrogens is 4. The highest BCUT2D eigenvalue weighted by molar-refractivity contribution is 6.30. The van der Waals surface area contributed by atoms with Gasteiger partial charge in [0, 0.05) is 10.6 Å². The average Bonchev–Trinajstić information content (AvgIpc) is 2.81. The fourth-order valence-electron chi connectivity index (χ4n) is 1.89. The molecule has 0 atom stereocenters. The second-order valence-corrected chi connectivity index (χ2v) is 4.57. The van der Waals surface area contributed by atoms with Gasteiger partial charge < -0.3 is 5.84 Å². The number of benzene rings is 1. The predicted molar refractivity (Wildman–Crippen MR) is 73.5 cm³/mol. The van der Waals surface area contributed by atoms with E-state index < -0.39 is 0 Å². The van der Waals surface area contributed by atoms with Crippen LogP contribution >= 0.6 is 11.6 Å². The summed E-state index contributed by atoms with van der Waals surface area (Å²) in [5.74, 6) is 6.02. The molecule has 0 fully saturated rings. The highest BCUT2D eigenvalue weighted by Gasteiger charge is 2.14. The van der Waals surface area contributed by atoms with Crippen LogP contribution in [0.2, 0.25) is 5.02 Å². The zero-order valence-electron chi connectivity index (χ0n) is 10.0. The quantitative estimate of drug-likeness (QED) is 0.658. The fourth-order valence-corrected chi connectivity index (χ4v) is 2.01. The Balaban J connectivity index is 2.32. The summed E-state index contributed by atoms with van der Waals surface area (Å²) in [6.45, 7) is 1.67. The van der Waals surface area contributed by atoms with Gasteiger partial charge in [-0.05, 0) is 19.1 Å². The van der Waals surface area contributed by atoms with Gasteiger partial charge in [0.05, 0.1) is 0 Å². The SMILES string of the molecule is Cc1nc2c(-c3ccc(Cl)cc3)n[nH]c2c(=O)n1N. The van der Waals surface area contributed by atoms with Crippen LogP contribution in [0.1, 0.15) is 5.82 Å². The van der Waals surface area contributed by atoms with E-state index in [1.807, 2.05) is 12.1 Å². The molecule has 7 heteroatoms. The topological polar surface area (TPSA) is 89.6 Å². The first-order valence-electron chi connectivity index (χ1n) is 5.56. The van der Waals surface area contributed by atoms with Crippen molar-refractivity contribution in [3.63, 3.8) is 0 Å². The predicted octanol–water partition coefficient (Wildman–Crippen LogP) is 1.46. The van der Waals surface area contributed by atoms with Crippen LogP contribution in [0.5, 0.6) is 0 Å². The summed E-state index contributed by atoms with van der Waals surface area (Å²) in [6, 6.07) is 7.16. The first-order valence-corrected chi connectivity index (χ1v) is 5.94. The Kier molecular flexibility index (Phi) is 2.53. The number of nitrogen functional groups attached to an aromatic ring is 1. The van der Waals surface area contributed by atoms with Crippen molar-refractivity contribution >= 4 is 22.6 Å². The number of hydrogen-bond acceptors (Lipinski definition) is 4. The van der Waals surface area contributed by atoms with E-state index in [0.717, 1.165) is 10.2 Å². The van der Waals surface area contributed by atoms with Crippen LogP contribution in [-0.2, 0) is 0 Å². The number of halogens is 1. The van der Waals surface area contributed by atoms with Crippen molar-refractivity contribution in [1.29, 1.82) is 0 Å². The molecule has 1 aromatic carbocycles. The minimum absolute atomic E-state index is 0.290. The molecule has 0 spiro atoms. The Bertz CT molecular complexity index is 818. The molecule has 2 heterocycles. The second kappa shape index (κ2) is 4.10. The summed E-state index contributed by atoms with van der Waals surface area (Å²) in [5, 5.41) is 7.45. The van der Waals surface area contributed by atoms with Crippen molar-refractivity contribution in [2.45, 2.75) is 6.92 Å². The van der Waals surface area contributed by atoms with Crippen molar-refractivity contribution in [3.05, 3.63) is 45.5 Å². The van der Waals surface area contributed by atoms with E-state index in [-0.39, 0.29) is 11.1 Å². The monoisotopic (exact) mass is 275 g/mol. The number of nitrogens with one attached hydrogen (secondary N) is 1. The van der Waals surface area contributed by atoms with Crippen molar-refractivity contribution in [2.75, 3.05) is 5.84 Å². The summed E-state index contributed by atoms with van der Waals surface area (Å²) in [7, 11) is 0. The van der Waals surface area contributed by atoms with Gasteiger partial charge in [-0.15, -0.1) is 0 Å². The smallest absolute Gasteiger partial charge is 0.297 e. The van der Waals surface area contributed by atoms with E-state index in [1.54, 1.807) is 19.1 Å². The number of H-pyrrole nitrogens is 1. The van der Waals surface area contributed by atoms with Crippen LogP contribution in [0.15, 0.2) is 29.1 Å². The number of aryl methyl sites for hydroxylation is 1. The number of rotatable bonds is 1. The van der Waals surface area contributed by atoms with Gasteiger partial charge in [0.2, 0.25) is 0 Å². The van der Waals surface area contributed by atoms with Gasteiger partial charge in [-0.3, -0.25) is 9.89 Å². The van der Waals surface area contributed by atoms with Crippen LogP contribution in [0.3, 0.4) is 0 Å². The number of hydrogen-bond donors (Lipinski definition) is 2. The zero-order valence-corrected chi connectivity index (χ0v) is 10.8. The van der Waals surface area contributed by atoms with Crippen molar-refractivity contribution in [2.24, 2.45) is 0 Å². The lowest BCUT2D eigenvalue weighted by molar-refractivity contribution is 0.849. The maximum atomic E-state index is 12.0. The Labute approximate surface area is 112 Å². The summed E-state index contributed by atoms with van der Waals surface area (Å²) in [4.78, 5) is 16.3. The van der Waals surface area contributed by atoms with Crippen LogP contribution in [0.4, 0.5) is 0 Å². The molecule has 6 nitrogen and oxygen atoms in total. The third-order valence-electron chi connectivity index (χ3n) is 2.91. The Morgan fingerprint density at radius 2 is 2.00 bits per heavy atom. The van der Waals surface area contributed by atoms with Gasteiger partial charge in [0.1, 0.15) is 17.0 Å². The van der Waals surface area contributed by atoms with Gasteiger partial charge in [0.25, 0.3) is 5.56 Å². The summed E-state index contributed by atoms with van der Waals surface area (Å²) >= 11 is 5.85. The molecule has 0 saturated carbocycles. The highest BCUT2D eigenvalue weighted by Crippen LogP contribution is 2.24. The van der Waals surface area contributed by atoms with Gasteiger partial charge in [-0.1, -0.05) is 23.7 Å². The largest absolute Gasteiger partial charge is 0.335 e. The van der Waals surface area contributed by atoms with E-state index >= 15 is 0 Å². The molecule has 0 bridgehead atoms. The summed E-state index contributed by atoms with van der Waals surface area (Å²) in [6.07, 6.45) is 0. The molecule has 3 aromatic rings. The third-order valence-corrected chi connectivity index (χ3v) is 3.17. The standard InChI is InChI=1S/C12H10ClN5O/c1-6-15-10-9(7-2-4-8(13)5-3-7)16-17-11(10)12(19)18(6)14/h2-5H,14H2,1H3,(H,16,17). The maximum Gasteiger partial charge on any atom is 0.297 e. The highest BCUT2D eigenvalue weighted by atomic mass is 35.5. The summed E-state index contributed by atoms with van der Waals surface area (Å²) < 4.78 is 0.992. The Hall–Kier alpha value is -2.34. The lowest BCUT2D eigenvalue weighted by Crippen LogP contribution is -2.30. The van der Waals surface area contributed by atoms with E-state index in [1.165, 1.54) is 0 Å². The lowest BCUT2D eigenvalue weighted by Gasteiger charge is -2.02. The number of aromatic amines is 1. The molecule has 96 valence electrons. The van der Waals surface area contributed by atoms with E-state index in [4.69, 9.17) is 17.4 Å². The third kappa shape index (κ3) is 1.77. The zero-order chi connectivity index (χ0) is 13.6. The van der Waals surface area contributed by atoms with E-state index in [0.29, 0.717) is 22.1 Å². The molecule has 0 aliphatic rings. The van der Waals surface area contributed by atoms with Crippen molar-refractivity contribution in [1.82, 2.24) is 19.9 Å². The molecule has 3 N–H and O–H groups in total. The first kappa shape index (κ1) is 11.7. The fraction of sp³-hybridized carbons (Fsp3) is 0.0833. The molecule has 3 rings (SSSR count). The maximum absolute atomic E-state index is 12.0. The van der Waals surface area contributed by atoms with Gasteiger partial charge in [-0.2, -0.15) is 5.10 Å². The van der Waals surface area contributed by atoms with Crippen LogP contribution in [0, 0.1) is 6.92 Å². The number of nitrogens with zero attached hydrogens (tertiary/aromatic N) is 3. The number of nitrogens with two attached hydrogens (primary N) is 1. The molecule has 0 amide bonds. The lowest BCUT2D eigenvalue weighted by atomic mass is 10.1. The average molecular weight is 276 g/mol.